The monoisotopic (exact) mass is 457 g/mol. The molecule has 2 fully saturated rings. The van der Waals surface area contributed by atoms with E-state index in [1.165, 1.54) is 12.1 Å². The zero-order valence-electron chi connectivity index (χ0n) is 16.1. The molecule has 1 amide bonds. The molecule has 10 heteroatoms. The lowest BCUT2D eigenvalue weighted by Gasteiger charge is -2.37. The van der Waals surface area contributed by atoms with Crippen LogP contribution in [0.4, 0.5) is 13.2 Å². The van der Waals surface area contributed by atoms with E-state index in [-0.39, 0.29) is 36.6 Å². The molecule has 2 heterocycles. The molecule has 2 aliphatic heterocycles. The van der Waals surface area contributed by atoms with E-state index in [4.69, 9.17) is 10.5 Å². The van der Waals surface area contributed by atoms with E-state index in [0.717, 1.165) is 18.9 Å². The van der Waals surface area contributed by atoms with Gasteiger partial charge in [0, 0.05) is 45.9 Å². The van der Waals surface area contributed by atoms with Crippen molar-refractivity contribution in [3.05, 3.63) is 35.4 Å². The Morgan fingerprint density at radius 2 is 1.76 bits per heavy atom. The third kappa shape index (κ3) is 7.00. The number of alkyl halides is 3. The molecule has 0 radical (unpaired) electrons. The van der Waals surface area contributed by atoms with Crippen LogP contribution in [-0.2, 0) is 22.3 Å². The molecule has 1 atom stereocenters. The molecule has 0 saturated carbocycles. The lowest BCUT2D eigenvalue weighted by molar-refractivity contribution is -0.138. The van der Waals surface area contributed by atoms with Crippen LogP contribution in [0.3, 0.4) is 0 Å². The average molecular weight is 458 g/mol. The second-order valence-electron chi connectivity index (χ2n) is 7.28. The number of carbonyl (C=O) groups is 1. The molecule has 3 rings (SSSR count). The minimum absolute atomic E-state index is 0. The summed E-state index contributed by atoms with van der Waals surface area (Å²) in [6.45, 7) is 4.10. The van der Waals surface area contributed by atoms with Gasteiger partial charge in [0.15, 0.2) is 0 Å². The van der Waals surface area contributed by atoms with Crippen LogP contribution in [0.2, 0.25) is 0 Å². The predicted octanol–water partition coefficient (Wildman–Crippen LogP) is 2.95. The molecule has 1 aromatic rings. The Bertz CT molecular complexity index is 650. The van der Waals surface area contributed by atoms with Crippen LogP contribution in [0.1, 0.15) is 24.0 Å². The van der Waals surface area contributed by atoms with Crippen molar-refractivity contribution in [2.45, 2.75) is 31.6 Å². The van der Waals surface area contributed by atoms with Gasteiger partial charge < -0.3 is 15.4 Å². The van der Waals surface area contributed by atoms with Crippen LogP contribution in [0.15, 0.2) is 24.3 Å². The fourth-order valence-electron chi connectivity index (χ4n) is 3.72. The zero-order valence-corrected chi connectivity index (χ0v) is 17.7. The van der Waals surface area contributed by atoms with Gasteiger partial charge in [-0.25, -0.2) is 0 Å². The largest absolute Gasteiger partial charge is 0.416 e. The fraction of sp³-hybridized carbons (Fsp3) is 0.632. The second kappa shape index (κ2) is 11.4. The molecular weight excluding hydrogens is 430 g/mol. The summed E-state index contributed by atoms with van der Waals surface area (Å²) in [4.78, 5) is 16.5. The van der Waals surface area contributed by atoms with Gasteiger partial charge in [-0.1, -0.05) is 18.2 Å². The third-order valence-electron chi connectivity index (χ3n) is 5.40. The Morgan fingerprint density at radius 1 is 1.14 bits per heavy atom. The summed E-state index contributed by atoms with van der Waals surface area (Å²) in [7, 11) is 0. The van der Waals surface area contributed by atoms with Crippen molar-refractivity contribution in [2.75, 3.05) is 39.4 Å². The maximum atomic E-state index is 12.8. The van der Waals surface area contributed by atoms with Gasteiger partial charge in [0.25, 0.3) is 0 Å². The van der Waals surface area contributed by atoms with E-state index in [2.05, 4.69) is 4.90 Å². The SMILES string of the molecule is Cl.Cl.NC(C(=O)N1CCN(Cc2cccc(C(F)(F)F)c2)CC1)C1CCOCC1. The summed E-state index contributed by atoms with van der Waals surface area (Å²) in [5.74, 6) is 0.134. The molecule has 2 N–H and O–H groups in total. The van der Waals surface area contributed by atoms with E-state index < -0.39 is 17.8 Å². The van der Waals surface area contributed by atoms with Crippen molar-refractivity contribution in [1.29, 1.82) is 0 Å². The topological polar surface area (TPSA) is 58.8 Å². The van der Waals surface area contributed by atoms with Crippen molar-refractivity contribution in [1.82, 2.24) is 9.80 Å². The first kappa shape index (κ1) is 26.0. The Balaban J connectivity index is 0.00000210. The number of hydrogen-bond acceptors (Lipinski definition) is 4. The number of rotatable bonds is 4. The smallest absolute Gasteiger partial charge is 0.381 e. The van der Waals surface area contributed by atoms with Crippen LogP contribution in [-0.4, -0.2) is 61.1 Å². The summed E-state index contributed by atoms with van der Waals surface area (Å²) in [6.07, 6.45) is -2.72. The minimum Gasteiger partial charge on any atom is -0.381 e. The van der Waals surface area contributed by atoms with Gasteiger partial charge in [0.05, 0.1) is 11.6 Å². The average Bonchev–Trinajstić information content (AvgIpc) is 2.68. The number of halogens is 5. The Labute approximate surface area is 181 Å². The molecule has 0 spiro atoms. The normalized spacial score (nSPS) is 19.8. The highest BCUT2D eigenvalue weighted by Gasteiger charge is 2.32. The van der Waals surface area contributed by atoms with Crippen molar-refractivity contribution in [3.8, 4) is 0 Å². The first-order valence-electron chi connectivity index (χ1n) is 9.35. The highest BCUT2D eigenvalue weighted by Crippen LogP contribution is 2.29. The highest BCUT2D eigenvalue weighted by atomic mass is 35.5. The summed E-state index contributed by atoms with van der Waals surface area (Å²) >= 11 is 0. The number of ether oxygens (including phenoxy) is 1. The maximum Gasteiger partial charge on any atom is 0.416 e. The quantitative estimate of drug-likeness (QED) is 0.754. The van der Waals surface area contributed by atoms with Gasteiger partial charge in [-0.2, -0.15) is 13.2 Å². The van der Waals surface area contributed by atoms with Crippen LogP contribution >= 0.6 is 24.8 Å². The Morgan fingerprint density at radius 3 is 2.34 bits per heavy atom. The minimum atomic E-state index is -4.33. The number of nitrogens with zero attached hydrogens (tertiary/aromatic N) is 2. The summed E-state index contributed by atoms with van der Waals surface area (Å²) in [5.41, 5.74) is 6.17. The number of amides is 1. The lowest BCUT2D eigenvalue weighted by Crippen LogP contribution is -2.55. The maximum absolute atomic E-state index is 12.8. The van der Waals surface area contributed by atoms with Crippen molar-refractivity contribution in [3.63, 3.8) is 0 Å². The van der Waals surface area contributed by atoms with Crippen LogP contribution < -0.4 is 5.73 Å². The van der Waals surface area contributed by atoms with E-state index in [1.54, 1.807) is 11.0 Å². The molecule has 0 bridgehead atoms. The fourth-order valence-corrected chi connectivity index (χ4v) is 3.72. The van der Waals surface area contributed by atoms with Crippen molar-refractivity contribution < 1.29 is 22.7 Å². The molecule has 1 unspecified atom stereocenters. The standard InChI is InChI=1S/C19H26F3N3O2.2ClH/c20-19(21,22)16-3-1-2-14(12-16)13-24-6-8-25(9-7-24)18(26)17(23)15-4-10-27-11-5-15;;/h1-3,12,15,17H,4-11,13,23H2;2*1H. The molecule has 1 aromatic carbocycles. The molecule has 2 saturated heterocycles. The van der Waals surface area contributed by atoms with Crippen LogP contribution in [0.5, 0.6) is 0 Å². The van der Waals surface area contributed by atoms with E-state index in [9.17, 15) is 18.0 Å². The van der Waals surface area contributed by atoms with Crippen LogP contribution in [0.25, 0.3) is 0 Å². The van der Waals surface area contributed by atoms with E-state index >= 15 is 0 Å². The highest BCUT2D eigenvalue weighted by molar-refractivity contribution is 5.85. The third-order valence-corrected chi connectivity index (χ3v) is 5.40. The number of carbonyl (C=O) groups excluding carboxylic acids is 1. The predicted molar refractivity (Wildman–Crippen MR) is 109 cm³/mol. The van der Waals surface area contributed by atoms with Gasteiger partial charge in [-0.05, 0) is 30.4 Å². The van der Waals surface area contributed by atoms with Gasteiger partial charge in [0.2, 0.25) is 5.91 Å². The summed E-state index contributed by atoms with van der Waals surface area (Å²) < 4.78 is 43.8. The van der Waals surface area contributed by atoms with Gasteiger partial charge >= 0.3 is 6.18 Å². The van der Waals surface area contributed by atoms with Gasteiger partial charge in [-0.15, -0.1) is 24.8 Å². The van der Waals surface area contributed by atoms with Crippen LogP contribution in [0, 0.1) is 5.92 Å². The summed E-state index contributed by atoms with van der Waals surface area (Å²) in [5, 5.41) is 0. The molecule has 0 aliphatic carbocycles. The molecule has 5 nitrogen and oxygen atoms in total. The molecule has 2 aliphatic rings. The van der Waals surface area contributed by atoms with Crippen molar-refractivity contribution in [2.24, 2.45) is 11.7 Å². The lowest BCUT2D eigenvalue weighted by atomic mass is 9.91. The van der Waals surface area contributed by atoms with Gasteiger partial charge in [-0.3, -0.25) is 9.69 Å². The molecular formula is C19H28Cl2F3N3O2. The summed E-state index contributed by atoms with van der Waals surface area (Å²) in [6, 6.07) is 4.92. The molecule has 166 valence electrons. The number of piperazine rings is 1. The van der Waals surface area contributed by atoms with Crippen molar-refractivity contribution >= 4 is 30.7 Å². The second-order valence-corrected chi connectivity index (χ2v) is 7.28. The molecule has 0 aromatic heterocycles. The number of nitrogens with two attached hydrogens (primary N) is 1. The molecule has 29 heavy (non-hydrogen) atoms. The van der Waals surface area contributed by atoms with E-state index in [0.29, 0.717) is 51.5 Å². The first-order chi connectivity index (χ1) is 12.8. The Kier molecular flexibility index (Phi) is 10.2. The zero-order chi connectivity index (χ0) is 19.4. The number of hydrogen-bond donors (Lipinski definition) is 1. The van der Waals surface area contributed by atoms with E-state index in [1.807, 2.05) is 0 Å². The van der Waals surface area contributed by atoms with Gasteiger partial charge in [0.1, 0.15) is 0 Å². The first-order valence-corrected chi connectivity index (χ1v) is 9.35. The number of benzene rings is 1. The Hall–Kier alpha value is -1.06.